The summed E-state index contributed by atoms with van der Waals surface area (Å²) in [4.78, 5) is 19.4. The molecule has 1 aliphatic carbocycles. The van der Waals surface area contributed by atoms with Crippen LogP contribution >= 0.6 is 11.8 Å². The Hall–Kier alpha value is -3.49. The van der Waals surface area contributed by atoms with E-state index in [0.29, 0.717) is 24.8 Å². The minimum atomic E-state index is -4.18. The molecule has 3 N–H and O–H groups in total. The van der Waals surface area contributed by atoms with E-state index in [2.05, 4.69) is 68.0 Å². The summed E-state index contributed by atoms with van der Waals surface area (Å²) in [5.41, 5.74) is 9.31. The van der Waals surface area contributed by atoms with Crippen molar-refractivity contribution in [3.05, 3.63) is 88.8 Å². The molecular weight excluding hydrogens is 683 g/mol. The molecule has 13 heteroatoms. The molecule has 0 bridgehead atoms. The van der Waals surface area contributed by atoms with Gasteiger partial charge in [-0.3, -0.25) is 4.90 Å². The van der Waals surface area contributed by atoms with Gasteiger partial charge in [0.05, 0.1) is 16.2 Å². The molecule has 11 nitrogen and oxygen atoms in total. The summed E-state index contributed by atoms with van der Waals surface area (Å²) >= 11 is 1.72. The summed E-state index contributed by atoms with van der Waals surface area (Å²) in [5.74, 6) is 0.715. The van der Waals surface area contributed by atoms with Crippen LogP contribution < -0.4 is 11.1 Å². The summed E-state index contributed by atoms with van der Waals surface area (Å²) in [6.07, 6.45) is 5.85. The zero-order valence-corrected chi connectivity index (χ0v) is 32.0. The van der Waals surface area contributed by atoms with Crippen LogP contribution in [-0.2, 0) is 21.2 Å². The molecule has 5 rings (SSSR count). The number of benzene rings is 3. The highest BCUT2D eigenvalue weighted by Gasteiger charge is 2.38. The maximum Gasteiger partial charge on any atom is 0.285 e. The van der Waals surface area contributed by atoms with Gasteiger partial charge in [0.1, 0.15) is 5.69 Å². The SMILES string of the molecule is COC1(Cc2ccccc2C)CCC(N2CCN(C(N)=NS(=O)(=O)c3ccc(N[C@H](CCN(C)C)CSc4ccccc4)c(N=O)c3)CC2)CC1. The molecule has 0 spiro atoms. The summed E-state index contributed by atoms with van der Waals surface area (Å²) in [7, 11) is 1.69. The van der Waals surface area contributed by atoms with Gasteiger partial charge in [-0.15, -0.1) is 21.1 Å². The van der Waals surface area contributed by atoms with Crippen LogP contribution in [0, 0.1) is 11.8 Å². The molecule has 1 heterocycles. The Balaban J connectivity index is 1.17. The van der Waals surface area contributed by atoms with Crippen molar-refractivity contribution in [2.75, 3.05) is 65.0 Å². The molecule has 1 atom stereocenters. The summed E-state index contributed by atoms with van der Waals surface area (Å²) in [6, 6.07) is 23.5. The number of nitroso groups, excluding NO2 is 1. The smallest absolute Gasteiger partial charge is 0.285 e. The number of piperazine rings is 1. The summed E-state index contributed by atoms with van der Waals surface area (Å²) < 4.78 is 36.9. The fourth-order valence-corrected chi connectivity index (χ4v) is 9.03. The Kier molecular flexibility index (Phi) is 13.5. The van der Waals surface area contributed by atoms with Crippen LogP contribution in [0.1, 0.15) is 43.2 Å². The van der Waals surface area contributed by atoms with Crippen LogP contribution in [0.3, 0.4) is 0 Å². The number of nitrogens with zero attached hydrogens (tertiary/aromatic N) is 5. The van der Waals surface area contributed by atoms with Crippen molar-refractivity contribution in [1.29, 1.82) is 0 Å². The van der Waals surface area contributed by atoms with Crippen molar-refractivity contribution in [3.8, 4) is 0 Å². The molecule has 1 saturated heterocycles. The molecule has 0 aromatic heterocycles. The Morgan fingerprint density at radius 1 is 1.04 bits per heavy atom. The zero-order valence-electron chi connectivity index (χ0n) is 30.3. The van der Waals surface area contributed by atoms with E-state index in [4.69, 9.17) is 10.5 Å². The van der Waals surface area contributed by atoms with Gasteiger partial charge in [-0.1, -0.05) is 42.5 Å². The van der Waals surface area contributed by atoms with Gasteiger partial charge in [-0.05, 0) is 106 Å². The lowest BCUT2D eigenvalue weighted by Gasteiger charge is -2.45. The van der Waals surface area contributed by atoms with Crippen LogP contribution in [0.15, 0.2) is 92.2 Å². The maximum absolute atomic E-state index is 13.4. The monoisotopic (exact) mass is 735 g/mol. The fourth-order valence-electron chi connectivity index (χ4n) is 7.07. The van der Waals surface area contributed by atoms with Gasteiger partial charge >= 0.3 is 0 Å². The average molecular weight is 736 g/mol. The Labute approximate surface area is 308 Å². The van der Waals surface area contributed by atoms with Crippen LogP contribution in [0.4, 0.5) is 11.4 Å². The van der Waals surface area contributed by atoms with Crippen molar-refractivity contribution in [2.24, 2.45) is 15.3 Å². The second-order valence-corrected chi connectivity index (χ2v) is 16.7. The van der Waals surface area contributed by atoms with Crippen LogP contribution in [0.2, 0.25) is 0 Å². The number of thioether (sulfide) groups is 1. The Morgan fingerprint density at radius 2 is 1.73 bits per heavy atom. The van der Waals surface area contributed by atoms with Gasteiger partial charge in [0.15, 0.2) is 0 Å². The second kappa shape index (κ2) is 17.8. The number of anilines is 1. The number of hydrogen-bond donors (Lipinski definition) is 2. The number of ether oxygens (including phenoxy) is 1. The van der Waals surface area contributed by atoms with Gasteiger partial charge in [0.25, 0.3) is 10.0 Å². The summed E-state index contributed by atoms with van der Waals surface area (Å²) in [6.45, 7) is 5.72. The molecule has 2 fully saturated rings. The first kappa shape index (κ1) is 38.7. The first-order chi connectivity index (χ1) is 24.5. The molecule has 0 radical (unpaired) electrons. The lowest BCUT2D eigenvalue weighted by molar-refractivity contribution is -0.0576. The van der Waals surface area contributed by atoms with Crippen LogP contribution in [-0.4, -0.2) is 106 Å². The number of nitrogens with two attached hydrogens (primary N) is 1. The van der Waals surface area contributed by atoms with Crippen molar-refractivity contribution in [2.45, 2.75) is 72.9 Å². The van der Waals surface area contributed by atoms with Crippen molar-refractivity contribution >= 4 is 39.1 Å². The number of nitrogens with one attached hydrogen (secondary N) is 1. The fraction of sp³-hybridized carbons (Fsp3) is 0.500. The highest BCUT2D eigenvalue weighted by atomic mass is 32.2. The van der Waals surface area contributed by atoms with E-state index in [0.717, 1.165) is 68.8 Å². The van der Waals surface area contributed by atoms with Gasteiger partial charge in [0, 0.05) is 62.4 Å². The number of hydrogen-bond acceptors (Lipinski definition) is 9. The van der Waals surface area contributed by atoms with Crippen molar-refractivity contribution in [1.82, 2.24) is 14.7 Å². The number of aryl methyl sites for hydroxylation is 1. The molecule has 3 aromatic carbocycles. The Bertz CT molecular complexity index is 1720. The number of rotatable bonds is 15. The highest BCUT2D eigenvalue weighted by Crippen LogP contribution is 2.37. The van der Waals surface area contributed by atoms with Gasteiger partial charge in [-0.2, -0.15) is 8.42 Å². The molecule has 1 saturated carbocycles. The predicted octanol–water partition coefficient (Wildman–Crippen LogP) is 6.11. The van der Waals surface area contributed by atoms with Crippen molar-refractivity contribution in [3.63, 3.8) is 0 Å². The third-order valence-corrected chi connectivity index (χ3v) is 12.7. The number of sulfonamides is 1. The molecule has 0 amide bonds. The standard InChI is InChI=1S/C38H53N7O4S2/c1-29-10-8-9-11-30(29)27-38(49-4)19-16-32(17-20-38)44-22-24-45(25-23-44)37(39)42-51(47,48)34-14-15-35(36(26-34)41-46)40-31(18-21-43(2)3)28-50-33-12-6-5-7-13-33/h5-15,26,31-32,40H,16-25,27-28H2,1-4H3,(H2,39,42)/t31-,32?,38?/m1/s1. The molecule has 0 unspecified atom stereocenters. The molecule has 3 aromatic rings. The lowest BCUT2D eigenvalue weighted by atomic mass is 9.77. The number of guanidine groups is 1. The average Bonchev–Trinajstić information content (AvgIpc) is 3.14. The minimum absolute atomic E-state index is 0.0156. The topological polar surface area (TPSA) is 133 Å². The third kappa shape index (κ3) is 10.5. The minimum Gasteiger partial charge on any atom is -0.380 e. The van der Waals surface area contributed by atoms with Gasteiger partial charge < -0.3 is 25.6 Å². The normalized spacial score (nSPS) is 21.1. The quantitative estimate of drug-likeness (QED) is 0.0816. The van der Waals surface area contributed by atoms with E-state index in [1.165, 1.54) is 23.3 Å². The van der Waals surface area contributed by atoms with Crippen LogP contribution in [0.25, 0.3) is 0 Å². The molecule has 2 aliphatic rings. The van der Waals surface area contributed by atoms with E-state index in [9.17, 15) is 13.3 Å². The number of methoxy groups -OCH3 is 1. The van der Waals surface area contributed by atoms with E-state index in [1.807, 2.05) is 44.3 Å². The second-order valence-electron chi connectivity index (χ2n) is 14.0. The Morgan fingerprint density at radius 3 is 2.37 bits per heavy atom. The van der Waals surface area contributed by atoms with Crippen molar-refractivity contribution < 1.29 is 13.2 Å². The van der Waals surface area contributed by atoms with Gasteiger partial charge in [-0.25, -0.2) is 0 Å². The maximum atomic E-state index is 13.4. The zero-order chi connectivity index (χ0) is 36.4. The van der Waals surface area contributed by atoms with E-state index >= 15 is 0 Å². The highest BCUT2D eigenvalue weighted by molar-refractivity contribution is 7.99. The predicted molar refractivity (Wildman–Crippen MR) is 208 cm³/mol. The van der Waals surface area contributed by atoms with E-state index < -0.39 is 10.0 Å². The third-order valence-electron chi connectivity index (χ3n) is 10.3. The molecule has 276 valence electrons. The first-order valence-corrected chi connectivity index (χ1v) is 20.2. The summed E-state index contributed by atoms with van der Waals surface area (Å²) in [5, 5.41) is 6.60. The van der Waals surface area contributed by atoms with Gasteiger partial charge in [0.2, 0.25) is 5.96 Å². The molecule has 51 heavy (non-hydrogen) atoms. The van der Waals surface area contributed by atoms with E-state index in [1.54, 1.807) is 17.8 Å². The molecule has 1 aliphatic heterocycles. The van der Waals surface area contributed by atoms with E-state index in [-0.39, 0.29) is 28.2 Å². The van der Waals surface area contributed by atoms with Crippen LogP contribution in [0.5, 0.6) is 0 Å². The first-order valence-electron chi connectivity index (χ1n) is 17.8. The lowest BCUT2D eigenvalue weighted by Crippen LogP contribution is -2.55. The molecular formula is C38H53N7O4S2. The largest absolute Gasteiger partial charge is 0.380 e.